The van der Waals surface area contributed by atoms with Gasteiger partial charge < -0.3 is 15.2 Å². The van der Waals surface area contributed by atoms with Crippen LogP contribution in [0.3, 0.4) is 0 Å². The molecule has 2 fully saturated rings. The predicted molar refractivity (Wildman–Crippen MR) is 131 cm³/mol. The van der Waals surface area contributed by atoms with E-state index >= 15 is 0 Å². The van der Waals surface area contributed by atoms with Crippen molar-refractivity contribution >= 4 is 16.7 Å². The van der Waals surface area contributed by atoms with Gasteiger partial charge in [-0.25, -0.2) is 0 Å². The van der Waals surface area contributed by atoms with Crippen molar-refractivity contribution in [2.24, 2.45) is 5.92 Å². The predicted octanol–water partition coefficient (Wildman–Crippen LogP) is 8.02. The van der Waals surface area contributed by atoms with Gasteiger partial charge in [-0.05, 0) is 73.4 Å². The minimum absolute atomic E-state index is 0.0269. The molecule has 0 unspecified atom stereocenters. The molecule has 2 saturated carbocycles. The van der Waals surface area contributed by atoms with Gasteiger partial charge in [-0.2, -0.15) is 26.3 Å². The Labute approximate surface area is 217 Å². The molecule has 4 rings (SSSR count). The van der Waals surface area contributed by atoms with Crippen LogP contribution in [0.5, 0.6) is 5.75 Å². The molecule has 0 spiro atoms. The SMILES string of the molecule is O=C(O)CCC1(NCc2ccc3c(C(F)(F)F)c(OC4CCC(C(F)(F)F)CC4)ccc3c2)CCCCC1. The topological polar surface area (TPSA) is 58.6 Å². The first-order valence-corrected chi connectivity index (χ1v) is 13.2. The van der Waals surface area contributed by atoms with Crippen molar-refractivity contribution in [2.75, 3.05) is 0 Å². The summed E-state index contributed by atoms with van der Waals surface area (Å²) in [5.74, 6) is -2.65. The van der Waals surface area contributed by atoms with Crippen LogP contribution in [0.2, 0.25) is 0 Å². The number of halogens is 6. The van der Waals surface area contributed by atoms with Crippen LogP contribution >= 0.6 is 0 Å². The number of hydrogen-bond donors (Lipinski definition) is 2. The highest BCUT2D eigenvalue weighted by atomic mass is 19.4. The van der Waals surface area contributed by atoms with Gasteiger partial charge in [0.2, 0.25) is 0 Å². The minimum Gasteiger partial charge on any atom is -0.490 e. The maximum absolute atomic E-state index is 14.2. The quantitative estimate of drug-likeness (QED) is 0.330. The van der Waals surface area contributed by atoms with E-state index in [2.05, 4.69) is 5.32 Å². The van der Waals surface area contributed by atoms with Gasteiger partial charge in [0.1, 0.15) is 11.3 Å². The number of benzene rings is 2. The maximum Gasteiger partial charge on any atom is 0.420 e. The molecule has 0 amide bonds. The van der Waals surface area contributed by atoms with Gasteiger partial charge in [0.25, 0.3) is 0 Å². The van der Waals surface area contributed by atoms with Crippen molar-refractivity contribution in [2.45, 2.75) is 101 Å². The largest absolute Gasteiger partial charge is 0.490 e. The Hall–Kier alpha value is -2.49. The molecule has 0 aromatic heterocycles. The van der Waals surface area contributed by atoms with E-state index in [4.69, 9.17) is 9.84 Å². The van der Waals surface area contributed by atoms with E-state index in [1.807, 2.05) is 0 Å². The zero-order chi connectivity index (χ0) is 27.6. The highest BCUT2D eigenvalue weighted by Gasteiger charge is 2.43. The molecule has 2 N–H and O–H groups in total. The fraction of sp³-hybridized carbons (Fsp3) is 0.607. The number of rotatable bonds is 8. The van der Waals surface area contributed by atoms with Crippen molar-refractivity contribution in [3.63, 3.8) is 0 Å². The molecular weight excluding hydrogens is 512 g/mol. The molecule has 0 bridgehead atoms. The zero-order valence-electron chi connectivity index (χ0n) is 21.1. The van der Waals surface area contributed by atoms with Gasteiger partial charge in [0.05, 0.1) is 12.0 Å². The Kier molecular flexibility index (Phi) is 8.49. The van der Waals surface area contributed by atoms with E-state index in [0.717, 1.165) is 37.7 Å². The van der Waals surface area contributed by atoms with Crippen LogP contribution in [0.15, 0.2) is 30.3 Å². The van der Waals surface area contributed by atoms with Crippen LogP contribution in [0.25, 0.3) is 10.8 Å². The number of carbonyl (C=O) groups is 1. The number of aliphatic carboxylic acids is 1. The number of carboxylic acids is 1. The molecule has 2 aliphatic carbocycles. The Morgan fingerprint density at radius 1 is 0.974 bits per heavy atom. The monoisotopic (exact) mass is 545 g/mol. The zero-order valence-corrected chi connectivity index (χ0v) is 21.1. The van der Waals surface area contributed by atoms with E-state index in [1.54, 1.807) is 18.2 Å². The van der Waals surface area contributed by atoms with Crippen molar-refractivity contribution < 1.29 is 41.0 Å². The number of alkyl halides is 6. The number of ether oxygens (including phenoxy) is 1. The lowest BCUT2D eigenvalue weighted by molar-refractivity contribution is -0.185. The fourth-order valence-electron chi connectivity index (χ4n) is 5.93. The summed E-state index contributed by atoms with van der Waals surface area (Å²) in [4.78, 5) is 11.2. The minimum atomic E-state index is -4.71. The Morgan fingerprint density at radius 3 is 2.26 bits per heavy atom. The van der Waals surface area contributed by atoms with Gasteiger partial charge in [-0.15, -0.1) is 0 Å². The molecule has 38 heavy (non-hydrogen) atoms. The molecular formula is C28H33F6NO3. The van der Waals surface area contributed by atoms with Crippen molar-refractivity contribution in [3.8, 4) is 5.75 Å². The highest BCUT2D eigenvalue weighted by Crippen LogP contribution is 2.44. The van der Waals surface area contributed by atoms with Crippen molar-refractivity contribution in [1.29, 1.82) is 0 Å². The Bertz CT molecular complexity index is 1120. The molecule has 0 atom stereocenters. The molecule has 0 saturated heterocycles. The number of nitrogens with one attached hydrogen (secondary N) is 1. The average Bonchev–Trinajstić information content (AvgIpc) is 2.86. The molecule has 4 nitrogen and oxygen atoms in total. The van der Waals surface area contributed by atoms with E-state index in [1.165, 1.54) is 12.1 Å². The van der Waals surface area contributed by atoms with Crippen LogP contribution in [0.1, 0.15) is 81.8 Å². The summed E-state index contributed by atoms with van der Waals surface area (Å²) in [6.45, 7) is 0.400. The molecule has 2 aromatic carbocycles. The van der Waals surface area contributed by atoms with Gasteiger partial charge in [0, 0.05) is 18.5 Å². The summed E-state index contributed by atoms with van der Waals surface area (Å²) < 4.78 is 87.0. The van der Waals surface area contributed by atoms with Crippen LogP contribution in [0.4, 0.5) is 26.3 Å². The van der Waals surface area contributed by atoms with E-state index in [-0.39, 0.29) is 48.8 Å². The third kappa shape index (κ3) is 6.93. The van der Waals surface area contributed by atoms with Crippen molar-refractivity contribution in [3.05, 3.63) is 41.5 Å². The normalized spacial score (nSPS) is 22.4. The molecule has 2 aromatic rings. The van der Waals surface area contributed by atoms with Gasteiger partial charge in [0.15, 0.2) is 0 Å². The maximum atomic E-state index is 14.2. The average molecular weight is 546 g/mol. The van der Waals surface area contributed by atoms with Crippen LogP contribution in [-0.2, 0) is 17.5 Å². The smallest absolute Gasteiger partial charge is 0.420 e. The van der Waals surface area contributed by atoms with Crippen LogP contribution in [-0.4, -0.2) is 28.9 Å². The lowest BCUT2D eigenvalue weighted by Crippen LogP contribution is -2.46. The first-order chi connectivity index (χ1) is 17.9. The molecule has 0 radical (unpaired) electrons. The second-order valence-corrected chi connectivity index (χ2v) is 10.7. The molecule has 210 valence electrons. The van der Waals surface area contributed by atoms with E-state index in [0.29, 0.717) is 18.4 Å². The highest BCUT2D eigenvalue weighted by molar-refractivity contribution is 5.89. The summed E-state index contributed by atoms with van der Waals surface area (Å²) in [5.41, 5.74) is -0.436. The standard InChI is InChI=1S/C28H33F6NO3/c29-27(30,31)20-6-8-21(9-7-20)38-23-11-5-19-16-18(4-10-22(19)25(23)28(32,33)34)17-35-26(15-12-24(36)37)13-2-1-3-14-26/h4-5,10-11,16,20-21,35H,1-3,6-9,12-15,17H2,(H,36,37). The number of hydrogen-bond acceptors (Lipinski definition) is 3. The summed E-state index contributed by atoms with van der Waals surface area (Å²) in [5, 5.41) is 13.0. The molecule has 0 heterocycles. The van der Waals surface area contributed by atoms with Gasteiger partial charge >= 0.3 is 18.3 Å². The first kappa shape index (κ1) is 28.5. The second-order valence-electron chi connectivity index (χ2n) is 10.7. The van der Waals surface area contributed by atoms with E-state index in [9.17, 15) is 31.1 Å². The number of carboxylic acid groups (broad SMARTS) is 1. The van der Waals surface area contributed by atoms with Gasteiger partial charge in [-0.1, -0.05) is 37.5 Å². The Morgan fingerprint density at radius 2 is 1.66 bits per heavy atom. The third-order valence-electron chi connectivity index (χ3n) is 8.06. The van der Waals surface area contributed by atoms with Crippen LogP contribution < -0.4 is 10.1 Å². The molecule has 10 heteroatoms. The summed E-state index contributed by atoms with van der Waals surface area (Å²) >= 11 is 0. The number of fused-ring (bicyclic) bond motifs is 1. The van der Waals surface area contributed by atoms with Crippen LogP contribution in [0, 0.1) is 5.92 Å². The first-order valence-electron chi connectivity index (χ1n) is 13.2. The lowest BCUT2D eigenvalue weighted by Gasteiger charge is -2.38. The van der Waals surface area contributed by atoms with E-state index < -0.39 is 35.9 Å². The van der Waals surface area contributed by atoms with Crippen molar-refractivity contribution in [1.82, 2.24) is 5.32 Å². The summed E-state index contributed by atoms with van der Waals surface area (Å²) in [7, 11) is 0. The molecule has 0 aliphatic heterocycles. The summed E-state index contributed by atoms with van der Waals surface area (Å²) in [6, 6.07) is 7.52. The van der Waals surface area contributed by atoms with Gasteiger partial charge in [-0.3, -0.25) is 4.79 Å². The Balaban J connectivity index is 1.52. The second kappa shape index (κ2) is 11.3. The third-order valence-corrected chi connectivity index (χ3v) is 8.06. The summed E-state index contributed by atoms with van der Waals surface area (Å²) in [6.07, 6.45) is -4.56. The lowest BCUT2D eigenvalue weighted by atomic mass is 9.78. The fourth-order valence-corrected chi connectivity index (χ4v) is 5.93. The molecule has 2 aliphatic rings.